The van der Waals surface area contributed by atoms with E-state index < -0.39 is 16.9 Å². The summed E-state index contributed by atoms with van der Waals surface area (Å²) < 4.78 is 23.5. The first-order valence-corrected chi connectivity index (χ1v) is 20.7. The van der Waals surface area contributed by atoms with Gasteiger partial charge < -0.3 is 20.3 Å². The second kappa shape index (κ2) is 17.5. The molecule has 62 heavy (non-hydrogen) atoms. The lowest BCUT2D eigenvalue weighted by Crippen LogP contribution is -2.40. The maximum atomic E-state index is 15.5. The quantitative estimate of drug-likeness (QED) is 0.0998. The Morgan fingerprint density at radius 3 is 1.48 bits per heavy atom. The van der Waals surface area contributed by atoms with Crippen molar-refractivity contribution < 1.29 is 9.13 Å². The van der Waals surface area contributed by atoms with E-state index in [9.17, 15) is 0 Å². The van der Waals surface area contributed by atoms with Gasteiger partial charge in [-0.1, -0.05) is 182 Å². The number of nitrogens with zero attached hydrogens (tertiary/aromatic N) is 5. The van der Waals surface area contributed by atoms with Crippen LogP contribution < -0.4 is 15.4 Å². The lowest BCUT2D eigenvalue weighted by atomic mass is 9.77. The summed E-state index contributed by atoms with van der Waals surface area (Å²) in [6, 6.07) is 69.0. The first kappa shape index (κ1) is 39.8. The summed E-state index contributed by atoms with van der Waals surface area (Å²) in [5.74, 6) is 0.00959. The number of aromatic nitrogens is 4. The Balaban J connectivity index is 1.32. The number of hydrogen-bond acceptors (Lipinski definition) is 7. The standard InChI is InChI=1S/C53H46FN7O/c1-60(2)35-36-62-51-55-38-47(54)50(57-51)56-45-33-34-48-46(37-45)49(58-52(39-21-9-3-10-22-39,40-23-11-4-12-24-40)41-25-13-5-14-26-41)59-61(48)53(42-27-15-6-16-28-42,43-29-17-7-18-30-43)44-31-19-8-20-32-44/h3-34,37-38H,35-36H2,1-2H3,(H,58,59)(H,55,56,57). The summed E-state index contributed by atoms with van der Waals surface area (Å²) in [6.07, 6.45) is 1.13. The molecule has 0 spiro atoms. The first-order valence-electron chi connectivity index (χ1n) is 20.7. The fourth-order valence-electron chi connectivity index (χ4n) is 8.37. The molecule has 0 bridgehead atoms. The minimum Gasteiger partial charge on any atom is -0.462 e. The molecule has 0 aliphatic carbocycles. The third kappa shape index (κ3) is 7.54. The van der Waals surface area contributed by atoms with E-state index >= 15 is 4.39 Å². The average Bonchev–Trinajstić information content (AvgIpc) is 3.68. The van der Waals surface area contributed by atoms with E-state index in [1.54, 1.807) is 0 Å². The van der Waals surface area contributed by atoms with E-state index in [-0.39, 0.29) is 11.8 Å². The van der Waals surface area contributed by atoms with Crippen LogP contribution in [-0.4, -0.2) is 51.9 Å². The van der Waals surface area contributed by atoms with Crippen LogP contribution in [0.4, 0.5) is 21.7 Å². The molecular weight excluding hydrogens is 770 g/mol. The molecule has 2 aromatic heterocycles. The van der Waals surface area contributed by atoms with Crippen molar-refractivity contribution in [2.45, 2.75) is 11.1 Å². The van der Waals surface area contributed by atoms with Crippen molar-refractivity contribution in [2.24, 2.45) is 0 Å². The zero-order valence-electron chi connectivity index (χ0n) is 34.6. The number of benzene rings is 7. The van der Waals surface area contributed by atoms with E-state index in [1.165, 1.54) is 0 Å². The minimum absolute atomic E-state index is 0.000473. The molecule has 9 heteroatoms. The summed E-state index contributed by atoms with van der Waals surface area (Å²) in [5, 5.41) is 13.9. The van der Waals surface area contributed by atoms with Crippen molar-refractivity contribution in [3.8, 4) is 6.01 Å². The zero-order chi connectivity index (χ0) is 42.4. The van der Waals surface area contributed by atoms with Gasteiger partial charge in [-0.3, -0.25) is 0 Å². The van der Waals surface area contributed by atoms with Crippen LogP contribution in [0.1, 0.15) is 33.4 Å². The van der Waals surface area contributed by atoms with Crippen LogP contribution in [0.5, 0.6) is 6.01 Å². The Morgan fingerprint density at radius 1 is 0.581 bits per heavy atom. The van der Waals surface area contributed by atoms with E-state index in [2.05, 4.69) is 171 Å². The second-order valence-electron chi connectivity index (χ2n) is 15.4. The Kier molecular flexibility index (Phi) is 11.3. The molecule has 0 saturated heterocycles. The first-order chi connectivity index (χ1) is 30.5. The van der Waals surface area contributed by atoms with Crippen LogP contribution in [-0.2, 0) is 11.1 Å². The molecular formula is C53H46FN7O. The second-order valence-corrected chi connectivity index (χ2v) is 15.4. The van der Waals surface area contributed by atoms with Crippen LogP contribution in [0, 0.1) is 5.82 Å². The molecule has 0 fully saturated rings. The summed E-state index contributed by atoms with van der Waals surface area (Å²) in [7, 11) is 3.91. The Morgan fingerprint density at radius 2 is 1.03 bits per heavy atom. The van der Waals surface area contributed by atoms with E-state index in [0.29, 0.717) is 24.7 Å². The topological polar surface area (TPSA) is 80.1 Å². The number of hydrogen-bond donors (Lipinski definition) is 2. The lowest BCUT2D eigenvalue weighted by Gasteiger charge is -2.38. The number of nitrogens with one attached hydrogen (secondary N) is 2. The van der Waals surface area contributed by atoms with Crippen LogP contribution in [0.25, 0.3) is 10.9 Å². The van der Waals surface area contributed by atoms with Gasteiger partial charge in [0, 0.05) is 17.6 Å². The van der Waals surface area contributed by atoms with Crippen molar-refractivity contribution >= 4 is 28.2 Å². The fourth-order valence-corrected chi connectivity index (χ4v) is 8.37. The molecule has 8 nitrogen and oxygen atoms in total. The van der Waals surface area contributed by atoms with Gasteiger partial charge in [0.15, 0.2) is 17.5 Å². The molecule has 9 aromatic rings. The molecule has 7 aromatic carbocycles. The molecule has 0 aliphatic rings. The third-order valence-corrected chi connectivity index (χ3v) is 11.3. The van der Waals surface area contributed by atoms with Gasteiger partial charge in [0.05, 0.1) is 11.7 Å². The van der Waals surface area contributed by atoms with Crippen LogP contribution in [0.3, 0.4) is 0 Å². The number of ether oxygens (including phenoxy) is 1. The minimum atomic E-state index is -0.941. The highest BCUT2D eigenvalue weighted by atomic mass is 19.1. The SMILES string of the molecule is CN(C)CCOc1ncc(F)c(Nc2ccc3c(c2)c(NC(c2ccccc2)(c2ccccc2)c2ccccc2)nn3C(c2ccccc2)(c2ccccc2)c2ccccc2)n1. The predicted molar refractivity (Wildman–Crippen MR) is 246 cm³/mol. The maximum absolute atomic E-state index is 15.5. The van der Waals surface area contributed by atoms with Crippen molar-refractivity contribution in [3.63, 3.8) is 0 Å². The van der Waals surface area contributed by atoms with Crippen LogP contribution in [0.15, 0.2) is 206 Å². The van der Waals surface area contributed by atoms with E-state index in [1.807, 2.05) is 73.6 Å². The highest BCUT2D eigenvalue weighted by Crippen LogP contribution is 2.46. The van der Waals surface area contributed by atoms with E-state index in [4.69, 9.17) is 9.84 Å². The fraction of sp³-hybridized carbons (Fsp3) is 0.113. The molecule has 9 rings (SSSR count). The van der Waals surface area contributed by atoms with Crippen LogP contribution in [0.2, 0.25) is 0 Å². The number of likely N-dealkylation sites (N-methyl/N-ethyl adjacent to an activating group) is 1. The molecule has 306 valence electrons. The van der Waals surface area contributed by atoms with Gasteiger partial charge in [0.2, 0.25) is 0 Å². The molecule has 0 radical (unpaired) electrons. The Labute approximate surface area is 361 Å². The van der Waals surface area contributed by atoms with Crippen molar-refractivity contribution in [1.82, 2.24) is 24.6 Å². The number of fused-ring (bicyclic) bond motifs is 1. The normalized spacial score (nSPS) is 11.7. The molecule has 2 heterocycles. The molecule has 0 unspecified atom stereocenters. The monoisotopic (exact) mass is 815 g/mol. The van der Waals surface area contributed by atoms with Crippen molar-refractivity contribution in [1.29, 1.82) is 0 Å². The molecule has 0 saturated carbocycles. The van der Waals surface area contributed by atoms with Gasteiger partial charge >= 0.3 is 6.01 Å². The summed E-state index contributed by atoms with van der Waals surface area (Å²) >= 11 is 0. The van der Waals surface area contributed by atoms with Crippen molar-refractivity contribution in [3.05, 3.63) is 246 Å². The highest BCUT2D eigenvalue weighted by Gasteiger charge is 2.43. The summed E-state index contributed by atoms with van der Waals surface area (Å²) in [6.45, 7) is 1.02. The van der Waals surface area contributed by atoms with E-state index in [0.717, 1.165) is 50.5 Å². The van der Waals surface area contributed by atoms with Gasteiger partial charge in [-0.05, 0) is 65.7 Å². The van der Waals surface area contributed by atoms with Gasteiger partial charge in [-0.15, -0.1) is 0 Å². The van der Waals surface area contributed by atoms with Gasteiger partial charge in [0.1, 0.15) is 17.7 Å². The lowest BCUT2D eigenvalue weighted by molar-refractivity contribution is 0.245. The number of anilines is 3. The molecule has 0 atom stereocenters. The van der Waals surface area contributed by atoms with Gasteiger partial charge in [0.25, 0.3) is 0 Å². The number of rotatable bonds is 15. The smallest absolute Gasteiger partial charge is 0.318 e. The third-order valence-electron chi connectivity index (χ3n) is 11.3. The zero-order valence-corrected chi connectivity index (χ0v) is 34.6. The predicted octanol–water partition coefficient (Wildman–Crippen LogP) is 10.9. The largest absolute Gasteiger partial charge is 0.462 e. The summed E-state index contributed by atoms with van der Waals surface area (Å²) in [4.78, 5) is 10.5. The molecule has 2 N–H and O–H groups in total. The Hall–Kier alpha value is -7.62. The molecule has 0 amide bonds. The molecule has 0 aliphatic heterocycles. The Bertz CT molecular complexity index is 2670. The maximum Gasteiger partial charge on any atom is 0.318 e. The van der Waals surface area contributed by atoms with Crippen LogP contribution >= 0.6 is 0 Å². The van der Waals surface area contributed by atoms with Gasteiger partial charge in [-0.25, -0.2) is 14.1 Å². The average molecular weight is 816 g/mol. The number of halogens is 1. The summed E-state index contributed by atoms with van der Waals surface area (Å²) in [5.41, 5.74) is 5.76. The highest BCUT2D eigenvalue weighted by molar-refractivity contribution is 5.95. The van der Waals surface area contributed by atoms with Crippen molar-refractivity contribution in [2.75, 3.05) is 37.9 Å². The van der Waals surface area contributed by atoms with Gasteiger partial charge in [-0.2, -0.15) is 10.1 Å².